The molecule has 1 aromatic carbocycles. The fourth-order valence-electron chi connectivity index (χ4n) is 5.45. The Labute approximate surface area is 173 Å². The third kappa shape index (κ3) is 4.05. The Kier molecular flexibility index (Phi) is 5.38. The smallest absolute Gasteiger partial charge is 0.288 e. The van der Waals surface area contributed by atoms with Crippen LogP contribution in [0.4, 0.5) is 5.69 Å². The van der Waals surface area contributed by atoms with Crippen LogP contribution in [-0.2, 0) is 4.79 Å². The Morgan fingerprint density at radius 2 is 1.82 bits per heavy atom. The minimum Gasteiger partial charge on any atom is -0.359 e. The number of hydrogen-bond acceptors (Lipinski definition) is 4. The number of nitro groups is 1. The summed E-state index contributed by atoms with van der Waals surface area (Å²) in [7, 11) is 0. The number of thiocarbonyl (C=S) groups is 1. The Bertz CT molecular complexity index is 829. The molecule has 0 saturated heterocycles. The van der Waals surface area contributed by atoms with Crippen molar-refractivity contribution < 1.29 is 9.72 Å². The summed E-state index contributed by atoms with van der Waals surface area (Å²) >= 11 is 11.1. The van der Waals surface area contributed by atoms with Crippen LogP contribution in [-0.4, -0.2) is 22.0 Å². The molecule has 0 radical (unpaired) electrons. The molecule has 0 aliphatic heterocycles. The molecule has 0 spiro atoms. The number of carbonyl (C=O) groups excluding carboxylic acids is 1. The highest BCUT2D eigenvalue weighted by Gasteiger charge is 2.48. The molecule has 0 unspecified atom stereocenters. The molecule has 2 N–H and O–H groups in total. The summed E-state index contributed by atoms with van der Waals surface area (Å²) in [6.45, 7) is 0. The average molecular weight is 420 g/mol. The molecule has 4 bridgehead atoms. The maximum absolute atomic E-state index is 12.2. The number of nitrogens with one attached hydrogen (secondary N) is 2. The monoisotopic (exact) mass is 419 g/mol. The van der Waals surface area contributed by atoms with Gasteiger partial charge in [0.05, 0.1) is 4.92 Å². The van der Waals surface area contributed by atoms with E-state index in [1.807, 2.05) is 0 Å². The van der Waals surface area contributed by atoms with E-state index < -0.39 is 4.92 Å². The lowest BCUT2D eigenvalue weighted by molar-refractivity contribution is -0.384. The van der Waals surface area contributed by atoms with Gasteiger partial charge >= 0.3 is 0 Å². The average Bonchev–Trinajstić information content (AvgIpc) is 2.63. The lowest BCUT2D eigenvalue weighted by atomic mass is 9.54. The van der Waals surface area contributed by atoms with Crippen LogP contribution in [0.3, 0.4) is 0 Å². The van der Waals surface area contributed by atoms with Crippen molar-refractivity contribution in [2.75, 3.05) is 0 Å². The first-order chi connectivity index (χ1) is 13.4. The van der Waals surface area contributed by atoms with E-state index in [9.17, 15) is 14.9 Å². The molecule has 5 rings (SSSR count). The Balaban J connectivity index is 1.33. The van der Waals surface area contributed by atoms with Crippen LogP contribution in [0.5, 0.6) is 0 Å². The van der Waals surface area contributed by atoms with Gasteiger partial charge in [0.25, 0.3) is 5.69 Å². The predicted octanol–water partition coefficient (Wildman–Crippen LogP) is 4.08. The molecule has 1 amide bonds. The van der Waals surface area contributed by atoms with Gasteiger partial charge in [-0.1, -0.05) is 17.7 Å². The molecular weight excluding hydrogens is 398 g/mol. The molecule has 4 saturated carbocycles. The summed E-state index contributed by atoms with van der Waals surface area (Å²) in [6.07, 6.45) is 9.32. The maximum Gasteiger partial charge on any atom is 0.288 e. The van der Waals surface area contributed by atoms with E-state index in [0.717, 1.165) is 11.8 Å². The summed E-state index contributed by atoms with van der Waals surface area (Å²) in [5.41, 5.74) is 0.328. The fraction of sp³-hybridized carbons (Fsp3) is 0.500. The molecule has 4 fully saturated rings. The van der Waals surface area contributed by atoms with E-state index in [-0.39, 0.29) is 16.6 Å². The second kappa shape index (κ2) is 7.79. The van der Waals surface area contributed by atoms with Gasteiger partial charge in [0.2, 0.25) is 5.91 Å². The van der Waals surface area contributed by atoms with Gasteiger partial charge in [0.15, 0.2) is 5.11 Å². The maximum atomic E-state index is 12.2. The minimum atomic E-state index is -0.552. The van der Waals surface area contributed by atoms with Crippen molar-refractivity contribution in [1.82, 2.24) is 10.6 Å². The largest absolute Gasteiger partial charge is 0.359 e. The molecule has 4 aliphatic rings. The van der Waals surface area contributed by atoms with Gasteiger partial charge in [-0.3, -0.25) is 20.2 Å². The van der Waals surface area contributed by atoms with Gasteiger partial charge in [-0.15, -0.1) is 0 Å². The lowest BCUT2D eigenvalue weighted by Crippen LogP contribution is -2.57. The third-order valence-electron chi connectivity index (χ3n) is 6.36. The molecule has 1 aromatic rings. The second-order valence-corrected chi connectivity index (χ2v) is 9.04. The molecule has 4 aliphatic carbocycles. The SMILES string of the molecule is O=C(C=Cc1ccc(Cl)c([N+](=O)[O-])c1)NC(=S)NC1C2CC3CC(C2)CC1C3. The molecular formula is C20H22ClN3O3S. The van der Waals surface area contributed by atoms with Gasteiger partial charge < -0.3 is 5.32 Å². The number of benzene rings is 1. The van der Waals surface area contributed by atoms with Crippen molar-refractivity contribution in [1.29, 1.82) is 0 Å². The third-order valence-corrected chi connectivity index (χ3v) is 6.89. The highest BCUT2D eigenvalue weighted by atomic mass is 35.5. The number of hydrogen-bond donors (Lipinski definition) is 2. The van der Waals surface area contributed by atoms with E-state index >= 15 is 0 Å². The van der Waals surface area contributed by atoms with Crippen molar-refractivity contribution in [2.24, 2.45) is 23.7 Å². The summed E-state index contributed by atoms with van der Waals surface area (Å²) < 4.78 is 0. The molecule has 8 heteroatoms. The van der Waals surface area contributed by atoms with Gasteiger partial charge in [0, 0.05) is 18.2 Å². The van der Waals surface area contributed by atoms with Crippen molar-refractivity contribution in [2.45, 2.75) is 38.1 Å². The summed E-state index contributed by atoms with van der Waals surface area (Å²) in [5.74, 6) is 2.73. The van der Waals surface area contributed by atoms with Crippen LogP contribution < -0.4 is 10.6 Å². The standard InChI is InChI=1S/C20H22ClN3O3S/c21-16-3-1-11(10-17(16)24(26)27)2-4-18(25)22-20(28)23-19-14-6-12-5-13(8-14)9-15(19)7-12/h1-4,10,12-15,19H,5-9H2,(H2,22,23,25,28). The molecule has 28 heavy (non-hydrogen) atoms. The first-order valence-corrected chi connectivity index (χ1v) is 10.4. The molecule has 0 atom stereocenters. The number of carbonyl (C=O) groups is 1. The van der Waals surface area contributed by atoms with E-state index in [4.69, 9.17) is 23.8 Å². The number of nitrogens with zero attached hydrogens (tertiary/aromatic N) is 1. The fourth-order valence-corrected chi connectivity index (χ4v) is 5.87. The van der Waals surface area contributed by atoms with Crippen molar-refractivity contribution in [3.05, 3.63) is 45.0 Å². The van der Waals surface area contributed by atoms with Crippen LogP contribution in [0, 0.1) is 33.8 Å². The van der Waals surface area contributed by atoms with Gasteiger partial charge in [-0.25, -0.2) is 0 Å². The molecule has 6 nitrogen and oxygen atoms in total. The topological polar surface area (TPSA) is 84.3 Å². The quantitative estimate of drug-likeness (QED) is 0.332. The van der Waals surface area contributed by atoms with Crippen LogP contribution in [0.15, 0.2) is 24.3 Å². The Morgan fingerprint density at radius 1 is 1.18 bits per heavy atom. The van der Waals surface area contributed by atoms with E-state index in [0.29, 0.717) is 28.6 Å². The Hall–Kier alpha value is -1.99. The summed E-state index contributed by atoms with van der Waals surface area (Å²) in [4.78, 5) is 22.6. The normalized spacial score (nSPS) is 30.4. The second-order valence-electron chi connectivity index (χ2n) is 8.22. The van der Waals surface area contributed by atoms with Crippen LogP contribution in [0.25, 0.3) is 6.08 Å². The first-order valence-electron chi connectivity index (χ1n) is 9.62. The van der Waals surface area contributed by atoms with E-state index in [2.05, 4.69) is 10.6 Å². The zero-order valence-electron chi connectivity index (χ0n) is 15.3. The zero-order chi connectivity index (χ0) is 19.8. The highest BCUT2D eigenvalue weighted by molar-refractivity contribution is 7.80. The molecule has 0 heterocycles. The molecule has 0 aromatic heterocycles. The molecule has 148 valence electrons. The van der Waals surface area contributed by atoms with Crippen molar-refractivity contribution in [3.63, 3.8) is 0 Å². The van der Waals surface area contributed by atoms with Gasteiger partial charge in [0.1, 0.15) is 5.02 Å². The van der Waals surface area contributed by atoms with Crippen LogP contribution in [0.1, 0.15) is 37.7 Å². The van der Waals surface area contributed by atoms with Crippen LogP contribution >= 0.6 is 23.8 Å². The number of nitro benzene ring substituents is 1. The van der Waals surface area contributed by atoms with Crippen LogP contribution in [0.2, 0.25) is 5.02 Å². The minimum absolute atomic E-state index is 0.0626. The lowest BCUT2D eigenvalue weighted by Gasteiger charge is -2.54. The van der Waals surface area contributed by atoms with Gasteiger partial charge in [-0.05, 0) is 85.7 Å². The summed E-state index contributed by atoms with van der Waals surface area (Å²) in [5, 5.41) is 17.4. The summed E-state index contributed by atoms with van der Waals surface area (Å²) in [6, 6.07) is 4.75. The zero-order valence-corrected chi connectivity index (χ0v) is 16.8. The highest BCUT2D eigenvalue weighted by Crippen LogP contribution is 2.53. The van der Waals surface area contributed by atoms with E-state index in [1.54, 1.807) is 6.07 Å². The van der Waals surface area contributed by atoms with Crippen molar-refractivity contribution >= 4 is 46.6 Å². The van der Waals surface area contributed by atoms with E-state index in [1.165, 1.54) is 56.4 Å². The number of amides is 1. The predicted molar refractivity (Wildman–Crippen MR) is 112 cm³/mol. The number of rotatable bonds is 4. The first kappa shape index (κ1) is 19.3. The van der Waals surface area contributed by atoms with Gasteiger partial charge in [-0.2, -0.15) is 0 Å². The van der Waals surface area contributed by atoms with Crippen molar-refractivity contribution in [3.8, 4) is 0 Å². The Morgan fingerprint density at radius 3 is 2.43 bits per heavy atom. The number of halogens is 1.